The Balaban J connectivity index is 1.36. The van der Waals surface area contributed by atoms with E-state index in [4.69, 9.17) is 34.8 Å². The third-order valence-corrected chi connectivity index (χ3v) is 8.43. The number of hydrogen-bond acceptors (Lipinski definition) is 6. The highest BCUT2D eigenvalue weighted by Gasteiger charge is 2.35. The first kappa shape index (κ1) is 27.3. The van der Waals surface area contributed by atoms with Crippen LogP contribution < -0.4 is 9.62 Å². The largest absolute Gasteiger partial charge is 0.353 e. The Morgan fingerprint density at radius 3 is 2.39 bits per heavy atom. The first-order chi connectivity index (χ1) is 17.1. The summed E-state index contributed by atoms with van der Waals surface area (Å²) in [5.41, 5.74) is 0.907. The summed E-state index contributed by atoms with van der Waals surface area (Å²) < 4.78 is 25.4. The van der Waals surface area contributed by atoms with Crippen LogP contribution in [0.25, 0.3) is 0 Å². The van der Waals surface area contributed by atoms with Gasteiger partial charge in [-0.05, 0) is 43.5 Å². The average Bonchev–Trinajstić information content (AvgIpc) is 2.84. The maximum absolute atomic E-state index is 12.9. The second-order valence-electron chi connectivity index (χ2n) is 9.30. The fraction of sp³-hybridized carbons (Fsp3) is 0.500. The van der Waals surface area contributed by atoms with Crippen molar-refractivity contribution in [2.45, 2.75) is 38.3 Å². The minimum absolute atomic E-state index is 0.0154. The number of anilines is 2. The van der Waals surface area contributed by atoms with Gasteiger partial charge in [-0.25, -0.2) is 13.4 Å². The fourth-order valence-corrected chi connectivity index (χ4v) is 6.18. The quantitative estimate of drug-likeness (QED) is 0.542. The summed E-state index contributed by atoms with van der Waals surface area (Å²) >= 11 is 18.6. The van der Waals surface area contributed by atoms with Gasteiger partial charge in [0.1, 0.15) is 5.82 Å². The zero-order chi connectivity index (χ0) is 26.0. The zero-order valence-corrected chi connectivity index (χ0v) is 23.3. The van der Waals surface area contributed by atoms with Gasteiger partial charge in [0.2, 0.25) is 10.0 Å². The molecular formula is C24H30Cl3N5O3S. The lowest BCUT2D eigenvalue weighted by atomic mass is 9.97. The van der Waals surface area contributed by atoms with Crippen molar-refractivity contribution in [2.24, 2.45) is 0 Å². The van der Waals surface area contributed by atoms with Crippen molar-refractivity contribution in [1.29, 1.82) is 0 Å². The lowest BCUT2D eigenvalue weighted by molar-refractivity contribution is 0.0491. The molecule has 3 heterocycles. The number of pyridine rings is 1. The van der Waals surface area contributed by atoms with E-state index in [9.17, 15) is 13.2 Å². The molecule has 2 aliphatic rings. The van der Waals surface area contributed by atoms with E-state index < -0.39 is 10.0 Å². The molecular weight excluding hydrogens is 545 g/mol. The molecule has 1 aromatic heterocycles. The summed E-state index contributed by atoms with van der Waals surface area (Å²) in [6.45, 7) is 5.99. The van der Waals surface area contributed by atoms with Crippen molar-refractivity contribution >= 4 is 62.2 Å². The van der Waals surface area contributed by atoms with Crippen LogP contribution in [0.3, 0.4) is 0 Å². The van der Waals surface area contributed by atoms with E-state index in [1.165, 1.54) is 6.20 Å². The van der Waals surface area contributed by atoms with E-state index in [1.54, 1.807) is 24.3 Å². The molecule has 0 bridgehead atoms. The Morgan fingerprint density at radius 1 is 1.06 bits per heavy atom. The van der Waals surface area contributed by atoms with Crippen LogP contribution in [0.15, 0.2) is 30.5 Å². The van der Waals surface area contributed by atoms with Gasteiger partial charge >= 0.3 is 0 Å². The van der Waals surface area contributed by atoms with Gasteiger partial charge in [-0.15, -0.1) is 0 Å². The van der Waals surface area contributed by atoms with Crippen LogP contribution in [0.1, 0.15) is 36.5 Å². The predicted octanol–water partition coefficient (Wildman–Crippen LogP) is 4.62. The Kier molecular flexibility index (Phi) is 8.56. The Morgan fingerprint density at radius 2 is 1.78 bits per heavy atom. The van der Waals surface area contributed by atoms with Crippen LogP contribution >= 0.6 is 34.8 Å². The summed E-state index contributed by atoms with van der Waals surface area (Å²) in [6.07, 6.45) is 5.39. The molecule has 0 saturated carbocycles. The molecule has 2 saturated heterocycles. The third kappa shape index (κ3) is 6.37. The summed E-state index contributed by atoms with van der Waals surface area (Å²) in [6, 6.07) is 7.34. The molecule has 2 aliphatic heterocycles. The molecule has 1 aromatic carbocycles. The van der Waals surface area contributed by atoms with Crippen LogP contribution in [0.4, 0.5) is 11.5 Å². The Labute approximate surface area is 227 Å². The molecule has 0 spiro atoms. The van der Waals surface area contributed by atoms with Gasteiger partial charge in [-0.2, -0.15) is 0 Å². The number of nitrogens with one attached hydrogen (secondary N) is 1. The smallest absolute Gasteiger partial charge is 0.253 e. The van der Waals surface area contributed by atoms with Gasteiger partial charge in [0, 0.05) is 50.4 Å². The second kappa shape index (κ2) is 11.3. The molecule has 0 radical (unpaired) electrons. The number of carbonyl (C=O) groups is 1. The molecule has 2 aromatic rings. The topological polar surface area (TPSA) is 85.8 Å². The normalized spacial score (nSPS) is 20.0. The number of sulfonamides is 1. The van der Waals surface area contributed by atoms with Crippen LogP contribution in [0.5, 0.6) is 0 Å². The maximum Gasteiger partial charge on any atom is 0.253 e. The van der Waals surface area contributed by atoms with Crippen LogP contribution in [0.2, 0.25) is 15.1 Å². The minimum Gasteiger partial charge on any atom is -0.353 e. The summed E-state index contributed by atoms with van der Waals surface area (Å²) in [7, 11) is -3.40. The number of benzene rings is 1. The van der Waals surface area contributed by atoms with Gasteiger partial charge in [0.25, 0.3) is 5.91 Å². The number of piperazine rings is 1. The molecule has 1 N–H and O–H groups in total. The number of halogens is 3. The number of rotatable bonds is 6. The van der Waals surface area contributed by atoms with Crippen LogP contribution in [-0.4, -0.2) is 80.2 Å². The molecule has 196 valence electrons. The molecule has 12 heteroatoms. The van der Waals surface area contributed by atoms with Crippen molar-refractivity contribution in [2.75, 3.05) is 48.6 Å². The number of likely N-dealkylation sites (tertiary alicyclic amines) is 1. The van der Waals surface area contributed by atoms with E-state index in [1.807, 2.05) is 4.90 Å². The van der Waals surface area contributed by atoms with E-state index in [0.29, 0.717) is 57.3 Å². The standard InChI is InChI=1S/C24H30Cl3N5O3S/c1-3-18-15-31(23-22(27)13-17(14-28-23)29-36(2,34)35)10-11-32(18)19-6-8-30(9-7-19)24(33)16-4-5-20(25)21(26)12-16/h4-5,12-14,18-19,29H,3,6-11,15H2,1-2H3/t18-/m0/s1. The predicted molar refractivity (Wildman–Crippen MR) is 146 cm³/mol. The first-order valence-corrected chi connectivity index (χ1v) is 15.0. The number of aromatic nitrogens is 1. The Bertz CT molecular complexity index is 1220. The number of carbonyl (C=O) groups excluding carboxylic acids is 1. The fourth-order valence-electron chi connectivity index (χ4n) is 5.05. The third-order valence-electron chi connectivity index (χ3n) is 6.81. The van der Waals surface area contributed by atoms with Crippen molar-refractivity contribution < 1.29 is 13.2 Å². The highest BCUT2D eigenvalue weighted by molar-refractivity contribution is 7.92. The van der Waals surface area contributed by atoms with Crippen molar-refractivity contribution in [3.8, 4) is 0 Å². The minimum atomic E-state index is -3.40. The molecule has 8 nitrogen and oxygen atoms in total. The summed E-state index contributed by atoms with van der Waals surface area (Å²) in [5, 5.41) is 1.24. The zero-order valence-electron chi connectivity index (χ0n) is 20.3. The number of nitrogens with zero attached hydrogens (tertiary/aromatic N) is 4. The van der Waals surface area contributed by atoms with Gasteiger partial charge < -0.3 is 9.80 Å². The molecule has 0 aliphatic carbocycles. The molecule has 4 rings (SSSR count). The molecule has 1 amide bonds. The van der Waals surface area contributed by atoms with Crippen molar-refractivity contribution in [1.82, 2.24) is 14.8 Å². The van der Waals surface area contributed by atoms with Crippen molar-refractivity contribution in [3.05, 3.63) is 51.1 Å². The summed E-state index contributed by atoms with van der Waals surface area (Å²) in [4.78, 5) is 24.0. The SMILES string of the molecule is CC[C@H]1CN(c2ncc(NS(C)(=O)=O)cc2Cl)CCN1C1CCN(C(=O)c2ccc(Cl)c(Cl)c2)CC1. The Hall–Kier alpha value is -1.78. The average molecular weight is 575 g/mol. The number of amides is 1. The van der Waals surface area contributed by atoms with E-state index in [0.717, 1.165) is 45.2 Å². The molecule has 0 unspecified atom stereocenters. The maximum atomic E-state index is 12.9. The van der Waals surface area contributed by atoms with E-state index in [2.05, 4.69) is 26.4 Å². The first-order valence-electron chi connectivity index (χ1n) is 11.9. The van der Waals surface area contributed by atoms with E-state index in [-0.39, 0.29) is 5.91 Å². The lowest BCUT2D eigenvalue weighted by Crippen LogP contribution is -2.58. The lowest BCUT2D eigenvalue weighted by Gasteiger charge is -2.47. The highest BCUT2D eigenvalue weighted by Crippen LogP contribution is 2.31. The second-order valence-corrected chi connectivity index (χ2v) is 12.3. The number of piperidine rings is 1. The van der Waals surface area contributed by atoms with Gasteiger partial charge in [-0.3, -0.25) is 14.4 Å². The van der Waals surface area contributed by atoms with Gasteiger partial charge in [0.15, 0.2) is 0 Å². The van der Waals surface area contributed by atoms with E-state index >= 15 is 0 Å². The molecule has 1 atom stereocenters. The monoisotopic (exact) mass is 573 g/mol. The van der Waals surface area contributed by atoms with Crippen molar-refractivity contribution in [3.63, 3.8) is 0 Å². The van der Waals surface area contributed by atoms with Crippen LogP contribution in [0, 0.1) is 0 Å². The van der Waals surface area contributed by atoms with Gasteiger partial charge in [0.05, 0.1) is 33.2 Å². The summed E-state index contributed by atoms with van der Waals surface area (Å²) in [5.74, 6) is 0.647. The number of hydrogen-bond donors (Lipinski definition) is 1. The molecule has 36 heavy (non-hydrogen) atoms. The highest BCUT2D eigenvalue weighted by atomic mass is 35.5. The molecule has 2 fully saturated rings. The van der Waals surface area contributed by atoms with Gasteiger partial charge in [-0.1, -0.05) is 41.7 Å². The van der Waals surface area contributed by atoms with Crippen LogP contribution in [-0.2, 0) is 10.0 Å².